The molecule has 5 heteroatoms. The molecule has 0 spiro atoms. The first kappa shape index (κ1) is 13.1. The van der Waals surface area contributed by atoms with Crippen LogP contribution in [0.3, 0.4) is 0 Å². The molecule has 1 heterocycles. The number of benzene rings is 1. The molecule has 2 aromatic rings. The second kappa shape index (κ2) is 5.26. The third kappa shape index (κ3) is 2.19. The van der Waals surface area contributed by atoms with Crippen LogP contribution in [0.25, 0.3) is 10.9 Å². The van der Waals surface area contributed by atoms with E-state index in [1.54, 1.807) is 0 Å². The third-order valence-corrected chi connectivity index (χ3v) is 3.88. The molecule has 1 aliphatic carbocycles. The zero-order valence-electron chi connectivity index (χ0n) is 11.4. The Balaban J connectivity index is 1.78. The van der Waals surface area contributed by atoms with E-state index < -0.39 is 0 Å². The lowest BCUT2D eigenvalue weighted by atomic mass is 9.83. The molecule has 3 atom stereocenters. The van der Waals surface area contributed by atoms with Crippen LogP contribution >= 0.6 is 0 Å². The van der Waals surface area contributed by atoms with Crippen LogP contribution in [0.15, 0.2) is 30.5 Å². The number of amides is 1. The van der Waals surface area contributed by atoms with Gasteiger partial charge in [-0.05, 0) is 31.5 Å². The average Bonchev–Trinajstić information content (AvgIpc) is 2.92. The first-order valence-electron chi connectivity index (χ1n) is 6.95. The highest BCUT2D eigenvalue weighted by Crippen LogP contribution is 2.24. The number of fused-ring (bicyclic) bond motifs is 1. The number of carbonyl (C=O) groups excluding carboxylic acids is 1. The Hall–Kier alpha value is -1.85. The molecule has 0 saturated heterocycles. The van der Waals surface area contributed by atoms with Gasteiger partial charge >= 0.3 is 0 Å². The fraction of sp³-hybridized carbons (Fsp3) is 0.400. The molecule has 1 fully saturated rings. The lowest BCUT2D eigenvalue weighted by Gasteiger charge is -2.42. The van der Waals surface area contributed by atoms with Crippen molar-refractivity contribution in [1.29, 1.82) is 0 Å². The molecular formula is C15H19N3O2. The van der Waals surface area contributed by atoms with Crippen LogP contribution < -0.4 is 11.1 Å². The van der Waals surface area contributed by atoms with Crippen molar-refractivity contribution in [3.05, 3.63) is 36.0 Å². The SMILES string of the molecule is CCOC1CC(N)C1NC(=O)c1cccc2[nH]ccc12. The number of H-pyrrole nitrogens is 1. The number of aromatic amines is 1. The Labute approximate surface area is 117 Å². The monoisotopic (exact) mass is 273 g/mol. The van der Waals surface area contributed by atoms with Gasteiger partial charge in [0.25, 0.3) is 5.91 Å². The van der Waals surface area contributed by atoms with Crippen molar-refractivity contribution in [3.8, 4) is 0 Å². The van der Waals surface area contributed by atoms with E-state index in [9.17, 15) is 4.79 Å². The van der Waals surface area contributed by atoms with Crippen LogP contribution in [-0.4, -0.2) is 35.7 Å². The number of ether oxygens (including phenoxy) is 1. The molecule has 20 heavy (non-hydrogen) atoms. The van der Waals surface area contributed by atoms with E-state index in [4.69, 9.17) is 10.5 Å². The predicted octanol–water partition coefficient (Wildman–Crippen LogP) is 1.40. The van der Waals surface area contributed by atoms with Crippen molar-refractivity contribution >= 4 is 16.8 Å². The van der Waals surface area contributed by atoms with Gasteiger partial charge in [0, 0.05) is 35.3 Å². The predicted molar refractivity (Wildman–Crippen MR) is 77.6 cm³/mol. The smallest absolute Gasteiger partial charge is 0.252 e. The number of nitrogens with two attached hydrogens (primary N) is 1. The summed E-state index contributed by atoms with van der Waals surface area (Å²) in [5.41, 5.74) is 7.58. The molecule has 4 N–H and O–H groups in total. The quantitative estimate of drug-likeness (QED) is 0.787. The molecule has 1 saturated carbocycles. The summed E-state index contributed by atoms with van der Waals surface area (Å²) in [5, 5.41) is 3.92. The topological polar surface area (TPSA) is 80.1 Å². The Morgan fingerprint density at radius 2 is 2.35 bits per heavy atom. The second-order valence-corrected chi connectivity index (χ2v) is 5.14. The van der Waals surface area contributed by atoms with Crippen LogP contribution in [-0.2, 0) is 4.74 Å². The van der Waals surface area contributed by atoms with Gasteiger partial charge in [-0.2, -0.15) is 0 Å². The summed E-state index contributed by atoms with van der Waals surface area (Å²) < 4.78 is 5.57. The van der Waals surface area contributed by atoms with Crippen molar-refractivity contribution in [2.75, 3.05) is 6.61 Å². The highest BCUT2D eigenvalue weighted by atomic mass is 16.5. The van der Waals surface area contributed by atoms with E-state index in [0.29, 0.717) is 12.2 Å². The number of nitrogens with one attached hydrogen (secondary N) is 2. The maximum absolute atomic E-state index is 12.4. The first-order valence-corrected chi connectivity index (χ1v) is 6.95. The lowest BCUT2D eigenvalue weighted by molar-refractivity contribution is -0.0300. The molecule has 106 valence electrons. The van der Waals surface area contributed by atoms with Crippen molar-refractivity contribution in [3.63, 3.8) is 0 Å². The maximum atomic E-state index is 12.4. The molecular weight excluding hydrogens is 254 g/mol. The minimum absolute atomic E-state index is 0.0269. The summed E-state index contributed by atoms with van der Waals surface area (Å²) >= 11 is 0. The Kier molecular flexibility index (Phi) is 3.46. The van der Waals surface area contributed by atoms with Crippen LogP contribution in [0.5, 0.6) is 0 Å². The Morgan fingerprint density at radius 3 is 3.10 bits per heavy atom. The number of hydrogen-bond acceptors (Lipinski definition) is 3. The summed E-state index contributed by atoms with van der Waals surface area (Å²) in [6.45, 7) is 2.58. The number of carbonyl (C=O) groups is 1. The molecule has 0 bridgehead atoms. The number of aromatic nitrogens is 1. The molecule has 3 unspecified atom stereocenters. The molecule has 1 aliphatic rings. The summed E-state index contributed by atoms with van der Waals surface area (Å²) in [4.78, 5) is 15.5. The maximum Gasteiger partial charge on any atom is 0.252 e. The molecule has 5 nitrogen and oxygen atoms in total. The molecule has 1 amide bonds. The van der Waals surface area contributed by atoms with Crippen LogP contribution in [0.1, 0.15) is 23.7 Å². The standard InChI is InChI=1S/C15H19N3O2/c1-2-20-13-8-11(16)14(13)18-15(19)10-4-3-5-12-9(10)6-7-17-12/h3-7,11,13-14,17H,2,8,16H2,1H3,(H,18,19). The van der Waals surface area contributed by atoms with Gasteiger partial charge in [0.05, 0.1) is 12.1 Å². The highest BCUT2D eigenvalue weighted by molar-refractivity contribution is 6.06. The van der Waals surface area contributed by atoms with Crippen LogP contribution in [0.2, 0.25) is 0 Å². The molecule has 0 radical (unpaired) electrons. The van der Waals surface area contributed by atoms with Gasteiger partial charge in [-0.15, -0.1) is 0 Å². The van der Waals surface area contributed by atoms with Crippen LogP contribution in [0.4, 0.5) is 0 Å². The number of hydrogen-bond donors (Lipinski definition) is 3. The van der Waals surface area contributed by atoms with Crippen molar-refractivity contribution < 1.29 is 9.53 Å². The van der Waals surface area contributed by atoms with Crippen molar-refractivity contribution in [1.82, 2.24) is 10.3 Å². The molecule has 0 aliphatic heterocycles. The van der Waals surface area contributed by atoms with Crippen LogP contribution in [0, 0.1) is 0 Å². The second-order valence-electron chi connectivity index (χ2n) is 5.14. The molecule has 3 rings (SSSR count). The summed E-state index contributed by atoms with van der Waals surface area (Å²) in [5.74, 6) is -0.0972. The summed E-state index contributed by atoms with van der Waals surface area (Å²) in [7, 11) is 0. The highest BCUT2D eigenvalue weighted by Gasteiger charge is 2.40. The zero-order valence-corrected chi connectivity index (χ0v) is 11.4. The van der Waals surface area contributed by atoms with Gasteiger partial charge in [-0.1, -0.05) is 6.07 Å². The van der Waals surface area contributed by atoms with E-state index in [1.807, 2.05) is 37.4 Å². The fourth-order valence-electron chi connectivity index (χ4n) is 2.74. The van der Waals surface area contributed by atoms with E-state index in [1.165, 1.54) is 0 Å². The minimum atomic E-state index is -0.100. The zero-order chi connectivity index (χ0) is 14.1. The summed E-state index contributed by atoms with van der Waals surface area (Å²) in [6, 6.07) is 7.42. The Morgan fingerprint density at radius 1 is 1.50 bits per heavy atom. The molecule has 1 aromatic carbocycles. The van der Waals surface area contributed by atoms with Gasteiger partial charge < -0.3 is 20.8 Å². The largest absolute Gasteiger partial charge is 0.376 e. The Bertz CT molecular complexity index is 620. The van der Waals surface area contributed by atoms with E-state index >= 15 is 0 Å². The molecule has 1 aromatic heterocycles. The van der Waals surface area contributed by atoms with Crippen molar-refractivity contribution in [2.24, 2.45) is 5.73 Å². The lowest BCUT2D eigenvalue weighted by Crippen LogP contribution is -2.64. The number of rotatable bonds is 4. The normalized spacial score (nSPS) is 25.4. The third-order valence-electron chi connectivity index (χ3n) is 3.88. The fourth-order valence-corrected chi connectivity index (χ4v) is 2.74. The summed E-state index contributed by atoms with van der Waals surface area (Å²) in [6.07, 6.45) is 2.66. The minimum Gasteiger partial charge on any atom is -0.376 e. The first-order chi connectivity index (χ1) is 9.70. The van der Waals surface area contributed by atoms with Crippen molar-refractivity contribution in [2.45, 2.75) is 31.5 Å². The van der Waals surface area contributed by atoms with Gasteiger partial charge in [-0.25, -0.2) is 0 Å². The van der Waals surface area contributed by atoms with Gasteiger partial charge in [0.2, 0.25) is 0 Å². The van der Waals surface area contributed by atoms with Gasteiger partial charge in [-0.3, -0.25) is 4.79 Å². The average molecular weight is 273 g/mol. The van der Waals surface area contributed by atoms with Gasteiger partial charge in [0.15, 0.2) is 0 Å². The van der Waals surface area contributed by atoms with E-state index in [2.05, 4.69) is 10.3 Å². The van der Waals surface area contributed by atoms with Gasteiger partial charge in [0.1, 0.15) is 0 Å². The van der Waals surface area contributed by atoms with E-state index in [0.717, 1.165) is 17.3 Å². The van der Waals surface area contributed by atoms with E-state index in [-0.39, 0.29) is 24.1 Å².